The van der Waals surface area contributed by atoms with E-state index in [2.05, 4.69) is 31.0 Å². The molecule has 0 radical (unpaired) electrons. The van der Waals surface area contributed by atoms with Crippen LogP contribution in [0.15, 0.2) is 30.3 Å². The molecule has 0 aliphatic heterocycles. The lowest BCUT2D eigenvalue weighted by Gasteiger charge is -2.36. The van der Waals surface area contributed by atoms with Gasteiger partial charge in [0.15, 0.2) is 5.54 Å². The molecule has 1 aromatic carbocycles. The minimum Gasteiger partial charge on any atom is -0.480 e. The molecule has 0 fully saturated rings. The van der Waals surface area contributed by atoms with Gasteiger partial charge in [0.05, 0.1) is 0 Å². The second-order valence-electron chi connectivity index (χ2n) is 6.56. The molecule has 0 saturated heterocycles. The van der Waals surface area contributed by atoms with Crippen LogP contribution in [0.2, 0.25) is 0 Å². The van der Waals surface area contributed by atoms with Crippen molar-refractivity contribution in [3.63, 3.8) is 0 Å². The van der Waals surface area contributed by atoms with E-state index in [0.717, 1.165) is 12.1 Å². The summed E-state index contributed by atoms with van der Waals surface area (Å²) in [5.41, 5.74) is -0.180. The van der Waals surface area contributed by atoms with Crippen LogP contribution < -0.4 is 5.32 Å². The number of nitrogens with one attached hydrogen (secondary N) is 1. The maximum atomic E-state index is 11.9. The molecular weight excluding hydrogens is 252 g/mol. The Morgan fingerprint density at radius 1 is 1.20 bits per heavy atom. The predicted molar refractivity (Wildman–Crippen MR) is 81.8 cm³/mol. The summed E-state index contributed by atoms with van der Waals surface area (Å²) in [5, 5.41) is 12.7. The molecule has 0 spiro atoms. The van der Waals surface area contributed by atoms with Gasteiger partial charge in [-0.25, -0.2) is 4.79 Å². The van der Waals surface area contributed by atoms with Crippen molar-refractivity contribution in [2.75, 3.05) is 27.2 Å². The smallest absolute Gasteiger partial charge is 0.329 e. The van der Waals surface area contributed by atoms with Gasteiger partial charge in [-0.2, -0.15) is 0 Å². The van der Waals surface area contributed by atoms with Crippen LogP contribution in [0.25, 0.3) is 0 Å². The summed E-state index contributed by atoms with van der Waals surface area (Å²) in [6.07, 6.45) is 0. The van der Waals surface area contributed by atoms with E-state index in [1.807, 2.05) is 37.4 Å². The van der Waals surface area contributed by atoms with Crippen molar-refractivity contribution < 1.29 is 9.90 Å². The highest BCUT2D eigenvalue weighted by atomic mass is 16.4. The quantitative estimate of drug-likeness (QED) is 0.837. The fourth-order valence-corrected chi connectivity index (χ4v) is 2.61. The van der Waals surface area contributed by atoms with Crippen molar-refractivity contribution in [3.05, 3.63) is 35.9 Å². The van der Waals surface area contributed by atoms with E-state index in [0.29, 0.717) is 6.54 Å². The first-order chi connectivity index (χ1) is 9.21. The summed E-state index contributed by atoms with van der Waals surface area (Å²) in [4.78, 5) is 13.9. The lowest BCUT2D eigenvalue weighted by atomic mass is 9.88. The molecule has 1 aromatic rings. The summed E-state index contributed by atoms with van der Waals surface area (Å²) in [7, 11) is 3.66. The molecule has 0 aliphatic rings. The average molecular weight is 278 g/mol. The van der Waals surface area contributed by atoms with Gasteiger partial charge in [-0.3, -0.25) is 0 Å². The first-order valence-electron chi connectivity index (χ1n) is 6.88. The molecule has 0 saturated carbocycles. The van der Waals surface area contributed by atoms with E-state index >= 15 is 0 Å². The largest absolute Gasteiger partial charge is 0.480 e. The highest BCUT2D eigenvalue weighted by molar-refractivity contribution is 5.81. The van der Waals surface area contributed by atoms with Gasteiger partial charge < -0.3 is 15.3 Å². The first kappa shape index (κ1) is 16.7. The maximum Gasteiger partial charge on any atom is 0.329 e. The lowest BCUT2D eigenvalue weighted by Crippen LogP contribution is -2.55. The molecular formula is C16H26N2O2. The highest BCUT2D eigenvalue weighted by Crippen LogP contribution is 2.24. The van der Waals surface area contributed by atoms with Gasteiger partial charge in [0.2, 0.25) is 0 Å². The van der Waals surface area contributed by atoms with Gasteiger partial charge in [-0.1, -0.05) is 51.1 Å². The van der Waals surface area contributed by atoms with Gasteiger partial charge in [0.25, 0.3) is 0 Å². The number of aliphatic carboxylic acids is 1. The number of carbonyl (C=O) groups is 1. The van der Waals surface area contributed by atoms with Crippen LogP contribution in [0.5, 0.6) is 0 Å². The molecule has 0 bridgehead atoms. The number of benzene rings is 1. The summed E-state index contributed by atoms with van der Waals surface area (Å²) in [5.74, 6) is -0.855. The summed E-state index contributed by atoms with van der Waals surface area (Å²) in [6, 6.07) is 9.35. The molecule has 1 atom stereocenters. The van der Waals surface area contributed by atoms with Gasteiger partial charge >= 0.3 is 5.97 Å². The number of rotatable bonds is 6. The number of carboxylic acids is 1. The van der Waals surface area contributed by atoms with E-state index in [1.54, 1.807) is 7.05 Å². The molecule has 4 nitrogen and oxygen atoms in total. The van der Waals surface area contributed by atoms with Crippen LogP contribution in [-0.2, 0) is 10.3 Å². The standard InChI is InChI=1S/C16H26N2O2/c1-15(2,3)11-18(5)12-16(17-4,14(19)20)13-9-7-6-8-10-13/h6-10,17H,11-12H2,1-5H3,(H,19,20). The molecule has 20 heavy (non-hydrogen) atoms. The van der Waals surface area contributed by atoms with Crippen molar-refractivity contribution >= 4 is 5.97 Å². The van der Waals surface area contributed by atoms with Crippen molar-refractivity contribution in [2.24, 2.45) is 5.41 Å². The lowest BCUT2D eigenvalue weighted by molar-refractivity contribution is -0.146. The maximum absolute atomic E-state index is 11.9. The Hall–Kier alpha value is -1.39. The number of nitrogens with zero attached hydrogens (tertiary/aromatic N) is 1. The third-order valence-corrected chi connectivity index (χ3v) is 3.31. The van der Waals surface area contributed by atoms with Crippen LogP contribution in [-0.4, -0.2) is 43.2 Å². The van der Waals surface area contributed by atoms with Crippen LogP contribution in [0.1, 0.15) is 26.3 Å². The molecule has 0 aliphatic carbocycles. The van der Waals surface area contributed by atoms with E-state index in [1.165, 1.54) is 0 Å². The number of carboxylic acid groups (broad SMARTS) is 1. The number of likely N-dealkylation sites (N-methyl/N-ethyl adjacent to an activating group) is 2. The van der Waals surface area contributed by atoms with Gasteiger partial charge in [-0.05, 0) is 25.1 Å². The Kier molecular flexibility index (Phi) is 5.31. The van der Waals surface area contributed by atoms with Crippen molar-refractivity contribution in [2.45, 2.75) is 26.3 Å². The van der Waals surface area contributed by atoms with Crippen LogP contribution >= 0.6 is 0 Å². The Labute approximate surface area is 121 Å². The fraction of sp³-hybridized carbons (Fsp3) is 0.562. The van der Waals surface area contributed by atoms with E-state index in [9.17, 15) is 9.90 Å². The molecule has 0 heterocycles. The molecule has 0 amide bonds. The summed E-state index contributed by atoms with van der Waals surface area (Å²) in [6.45, 7) is 7.69. The molecule has 4 heteroatoms. The Morgan fingerprint density at radius 3 is 2.15 bits per heavy atom. The normalized spacial score (nSPS) is 15.1. The first-order valence-corrected chi connectivity index (χ1v) is 6.88. The van der Waals surface area contributed by atoms with Crippen LogP contribution in [0, 0.1) is 5.41 Å². The molecule has 1 rings (SSSR count). The second-order valence-corrected chi connectivity index (χ2v) is 6.56. The Morgan fingerprint density at radius 2 is 1.75 bits per heavy atom. The van der Waals surface area contributed by atoms with Gasteiger partial charge in [0, 0.05) is 13.1 Å². The van der Waals surface area contributed by atoms with E-state index in [-0.39, 0.29) is 5.41 Å². The third kappa shape index (κ3) is 4.05. The second kappa shape index (κ2) is 6.37. The topological polar surface area (TPSA) is 52.6 Å². The fourth-order valence-electron chi connectivity index (χ4n) is 2.61. The zero-order chi connectivity index (χ0) is 15.4. The minimum atomic E-state index is -1.08. The van der Waals surface area contributed by atoms with Crippen molar-refractivity contribution in [3.8, 4) is 0 Å². The van der Waals surface area contributed by atoms with E-state index < -0.39 is 11.5 Å². The minimum absolute atomic E-state index is 0.128. The number of hydrogen-bond acceptors (Lipinski definition) is 3. The SMILES string of the molecule is CNC(CN(C)CC(C)(C)C)(C(=O)O)c1ccccc1. The number of hydrogen-bond donors (Lipinski definition) is 2. The van der Waals surface area contributed by atoms with Gasteiger partial charge in [0.1, 0.15) is 0 Å². The molecule has 1 unspecified atom stereocenters. The van der Waals surface area contributed by atoms with Gasteiger partial charge in [-0.15, -0.1) is 0 Å². The van der Waals surface area contributed by atoms with E-state index in [4.69, 9.17) is 0 Å². The molecule has 112 valence electrons. The molecule has 2 N–H and O–H groups in total. The summed E-state index contributed by atoms with van der Waals surface area (Å²) < 4.78 is 0. The molecule has 0 aromatic heterocycles. The van der Waals surface area contributed by atoms with Crippen molar-refractivity contribution in [1.82, 2.24) is 10.2 Å². The monoisotopic (exact) mass is 278 g/mol. The van der Waals surface area contributed by atoms with Crippen LogP contribution in [0.3, 0.4) is 0 Å². The van der Waals surface area contributed by atoms with Crippen LogP contribution in [0.4, 0.5) is 0 Å². The predicted octanol–water partition coefficient (Wildman–Crippen LogP) is 2.16. The zero-order valence-electron chi connectivity index (χ0n) is 13.1. The Balaban J connectivity index is 3.05. The highest BCUT2D eigenvalue weighted by Gasteiger charge is 2.40. The Bertz CT molecular complexity index is 440. The van der Waals surface area contributed by atoms with Crippen molar-refractivity contribution in [1.29, 1.82) is 0 Å². The zero-order valence-corrected chi connectivity index (χ0v) is 13.1. The third-order valence-electron chi connectivity index (χ3n) is 3.31. The average Bonchev–Trinajstić information content (AvgIpc) is 2.34. The summed E-state index contributed by atoms with van der Waals surface area (Å²) >= 11 is 0.